The maximum Gasteiger partial charge on any atom is 0.140 e. The number of furan rings is 1. The molecule has 1 aromatic heterocycles. The van der Waals surface area contributed by atoms with Gasteiger partial charge in [0.1, 0.15) is 18.0 Å². The number of rotatable bonds is 4. The second kappa shape index (κ2) is 4.53. The highest BCUT2D eigenvalue weighted by Crippen LogP contribution is 2.32. The molecule has 0 atom stereocenters. The summed E-state index contributed by atoms with van der Waals surface area (Å²) in [7, 11) is 1.57. The Morgan fingerprint density at radius 1 is 1.50 bits per heavy atom. The van der Waals surface area contributed by atoms with Crippen molar-refractivity contribution in [1.29, 1.82) is 0 Å². The molecule has 0 bridgehead atoms. The van der Waals surface area contributed by atoms with E-state index < -0.39 is 6.67 Å². The summed E-state index contributed by atoms with van der Waals surface area (Å²) in [6.45, 7) is -0.0467. The summed E-state index contributed by atoms with van der Waals surface area (Å²) in [6, 6.07) is 3.50. The molecule has 2 aromatic rings. The maximum absolute atomic E-state index is 12.8. The molecule has 16 heavy (non-hydrogen) atoms. The van der Waals surface area contributed by atoms with Gasteiger partial charge in [-0.3, -0.25) is 0 Å². The maximum atomic E-state index is 12.8. The predicted molar refractivity (Wildman–Crippen MR) is 60.3 cm³/mol. The van der Waals surface area contributed by atoms with Crippen LogP contribution in [0.3, 0.4) is 0 Å². The van der Waals surface area contributed by atoms with E-state index >= 15 is 0 Å². The molecule has 2 rings (SSSR count). The van der Waals surface area contributed by atoms with Gasteiger partial charge < -0.3 is 14.9 Å². The number of hydrogen-bond donors (Lipinski definition) is 1. The predicted octanol–water partition coefficient (Wildman–Crippen LogP) is 2.41. The lowest BCUT2D eigenvalue weighted by atomic mass is 10.0. The van der Waals surface area contributed by atoms with Crippen LogP contribution < -0.4 is 10.5 Å². The molecule has 0 saturated carbocycles. The third-order valence-corrected chi connectivity index (χ3v) is 2.64. The van der Waals surface area contributed by atoms with Crippen molar-refractivity contribution < 1.29 is 13.5 Å². The second-order valence-corrected chi connectivity index (χ2v) is 3.55. The van der Waals surface area contributed by atoms with E-state index in [0.29, 0.717) is 29.9 Å². The third kappa shape index (κ3) is 1.65. The number of nitrogens with two attached hydrogens (primary N) is 1. The van der Waals surface area contributed by atoms with Crippen LogP contribution in [0.25, 0.3) is 11.0 Å². The van der Waals surface area contributed by atoms with Crippen LogP contribution in [-0.2, 0) is 13.1 Å². The zero-order valence-electron chi connectivity index (χ0n) is 9.13. The van der Waals surface area contributed by atoms with Gasteiger partial charge in [-0.15, -0.1) is 0 Å². The average Bonchev–Trinajstić information content (AvgIpc) is 2.78. The van der Waals surface area contributed by atoms with Crippen molar-refractivity contribution in [3.8, 4) is 5.75 Å². The fourth-order valence-electron chi connectivity index (χ4n) is 1.92. The summed E-state index contributed by atoms with van der Waals surface area (Å²) < 4.78 is 23.4. The van der Waals surface area contributed by atoms with E-state index in [9.17, 15) is 4.39 Å². The molecular weight excluding hydrogens is 209 g/mol. The van der Waals surface area contributed by atoms with Crippen molar-refractivity contribution >= 4 is 11.0 Å². The lowest BCUT2D eigenvalue weighted by Gasteiger charge is -2.10. The van der Waals surface area contributed by atoms with Crippen molar-refractivity contribution in [3.05, 3.63) is 29.5 Å². The quantitative estimate of drug-likeness (QED) is 0.865. The molecule has 0 aliphatic heterocycles. The van der Waals surface area contributed by atoms with Gasteiger partial charge in [0.25, 0.3) is 0 Å². The fraction of sp³-hybridized carbons (Fsp3) is 0.333. The van der Waals surface area contributed by atoms with Gasteiger partial charge in [-0.05, 0) is 25.1 Å². The molecule has 3 nitrogen and oxygen atoms in total. The van der Waals surface area contributed by atoms with Gasteiger partial charge in [0, 0.05) is 16.5 Å². The zero-order valence-corrected chi connectivity index (χ0v) is 9.13. The number of alkyl halides is 1. The zero-order chi connectivity index (χ0) is 11.5. The Kier molecular flexibility index (Phi) is 3.10. The Labute approximate surface area is 93.0 Å². The molecule has 0 radical (unpaired) electrons. The summed E-state index contributed by atoms with van der Waals surface area (Å²) in [5.74, 6) is 0.673. The first-order valence-corrected chi connectivity index (χ1v) is 5.13. The second-order valence-electron chi connectivity index (χ2n) is 3.55. The van der Waals surface area contributed by atoms with Crippen LogP contribution in [0.15, 0.2) is 22.8 Å². The summed E-state index contributed by atoms with van der Waals surface area (Å²) in [5.41, 5.74) is 7.63. The standard InChI is InChI=1S/C12H14FNO2/c1-15-11-6-8(7-13)12-10(3-5-16-12)9(11)2-4-14/h3,5-6H,2,4,7,14H2,1H3. The molecule has 0 saturated heterocycles. The van der Waals surface area contributed by atoms with Crippen molar-refractivity contribution in [2.24, 2.45) is 5.73 Å². The Morgan fingerprint density at radius 2 is 2.31 bits per heavy atom. The minimum atomic E-state index is -0.566. The van der Waals surface area contributed by atoms with E-state index in [-0.39, 0.29) is 0 Å². The molecular formula is C12H14FNO2. The molecule has 1 aromatic carbocycles. The number of benzene rings is 1. The minimum absolute atomic E-state index is 0.512. The van der Waals surface area contributed by atoms with E-state index in [2.05, 4.69) is 0 Å². The number of fused-ring (bicyclic) bond motifs is 1. The van der Waals surface area contributed by atoms with Crippen molar-refractivity contribution in [2.75, 3.05) is 13.7 Å². The Balaban J connectivity index is 2.69. The Bertz CT molecular complexity index is 493. The number of hydrogen-bond acceptors (Lipinski definition) is 3. The molecule has 0 spiro atoms. The van der Waals surface area contributed by atoms with Crippen molar-refractivity contribution in [2.45, 2.75) is 13.1 Å². The number of methoxy groups -OCH3 is 1. The molecule has 0 fully saturated rings. The fourth-order valence-corrected chi connectivity index (χ4v) is 1.92. The summed E-state index contributed by atoms with van der Waals surface area (Å²) >= 11 is 0. The van der Waals surface area contributed by atoms with Gasteiger partial charge in [0.05, 0.1) is 13.4 Å². The van der Waals surface area contributed by atoms with Gasteiger partial charge in [-0.2, -0.15) is 0 Å². The van der Waals surface area contributed by atoms with Crippen LogP contribution in [0.4, 0.5) is 4.39 Å². The average molecular weight is 223 g/mol. The van der Waals surface area contributed by atoms with Gasteiger partial charge in [0.15, 0.2) is 0 Å². The molecule has 4 heteroatoms. The highest BCUT2D eigenvalue weighted by atomic mass is 19.1. The van der Waals surface area contributed by atoms with Crippen LogP contribution in [-0.4, -0.2) is 13.7 Å². The molecule has 0 unspecified atom stereocenters. The molecule has 2 N–H and O–H groups in total. The largest absolute Gasteiger partial charge is 0.496 e. The number of ether oxygens (including phenoxy) is 1. The lowest BCUT2D eigenvalue weighted by molar-refractivity contribution is 0.407. The van der Waals surface area contributed by atoms with Crippen LogP contribution >= 0.6 is 0 Å². The van der Waals surface area contributed by atoms with E-state index in [0.717, 1.165) is 10.9 Å². The summed E-state index contributed by atoms with van der Waals surface area (Å²) in [6.07, 6.45) is 2.25. The van der Waals surface area contributed by atoms with Crippen molar-refractivity contribution in [1.82, 2.24) is 0 Å². The molecule has 86 valence electrons. The SMILES string of the molecule is COc1cc(CF)c2occc2c1CCN. The summed E-state index contributed by atoms with van der Waals surface area (Å²) in [5, 5.41) is 0.887. The molecule has 0 amide bonds. The van der Waals surface area contributed by atoms with Gasteiger partial charge in [-0.25, -0.2) is 4.39 Å². The van der Waals surface area contributed by atoms with E-state index in [4.69, 9.17) is 14.9 Å². The van der Waals surface area contributed by atoms with E-state index in [1.165, 1.54) is 0 Å². The van der Waals surface area contributed by atoms with Gasteiger partial charge in [0.2, 0.25) is 0 Å². The summed E-state index contributed by atoms with van der Waals surface area (Å²) in [4.78, 5) is 0. The van der Waals surface area contributed by atoms with Crippen molar-refractivity contribution in [3.63, 3.8) is 0 Å². The molecule has 0 aliphatic carbocycles. The first-order chi connectivity index (χ1) is 7.81. The normalized spacial score (nSPS) is 10.9. The Morgan fingerprint density at radius 3 is 2.94 bits per heavy atom. The van der Waals surface area contributed by atoms with Crippen LogP contribution in [0.5, 0.6) is 5.75 Å². The molecule has 1 heterocycles. The van der Waals surface area contributed by atoms with Crippen LogP contribution in [0.1, 0.15) is 11.1 Å². The highest BCUT2D eigenvalue weighted by Gasteiger charge is 2.14. The first kappa shape index (κ1) is 11.0. The van der Waals surface area contributed by atoms with Gasteiger partial charge >= 0.3 is 0 Å². The molecule has 0 aliphatic rings. The lowest BCUT2D eigenvalue weighted by Crippen LogP contribution is -2.05. The number of halogens is 1. The van der Waals surface area contributed by atoms with Gasteiger partial charge in [-0.1, -0.05) is 0 Å². The van der Waals surface area contributed by atoms with E-state index in [1.807, 2.05) is 6.07 Å². The van der Waals surface area contributed by atoms with E-state index in [1.54, 1.807) is 19.4 Å². The first-order valence-electron chi connectivity index (χ1n) is 5.13. The Hall–Kier alpha value is -1.55. The van der Waals surface area contributed by atoms with Crippen LogP contribution in [0.2, 0.25) is 0 Å². The topological polar surface area (TPSA) is 48.4 Å². The highest BCUT2D eigenvalue weighted by molar-refractivity contribution is 5.86. The monoisotopic (exact) mass is 223 g/mol. The minimum Gasteiger partial charge on any atom is -0.496 e. The smallest absolute Gasteiger partial charge is 0.140 e. The van der Waals surface area contributed by atoms with Crippen LogP contribution in [0, 0.1) is 0 Å². The third-order valence-electron chi connectivity index (χ3n) is 2.64.